The number of nitrogens with one attached hydrogen (secondary N) is 2. The van der Waals surface area contributed by atoms with Gasteiger partial charge in [-0.3, -0.25) is 28.9 Å². The predicted molar refractivity (Wildman–Crippen MR) is 155 cm³/mol. The van der Waals surface area contributed by atoms with Crippen LogP contribution in [0.25, 0.3) is 0 Å². The average Bonchev–Trinajstić information content (AvgIpc) is 3.36. The van der Waals surface area contributed by atoms with Gasteiger partial charge >= 0.3 is 5.97 Å². The molecule has 0 aromatic heterocycles. The van der Waals surface area contributed by atoms with Gasteiger partial charge in [0.15, 0.2) is 23.2 Å². The number of nitrogens with zero attached hydrogens (tertiary/aromatic N) is 1. The summed E-state index contributed by atoms with van der Waals surface area (Å²) in [6.07, 6.45) is -0.354. The first-order valence-electron chi connectivity index (χ1n) is 13.9. The molecular weight excluding hydrogens is 634 g/mol. The molecule has 46 heavy (non-hydrogen) atoms. The highest BCUT2D eigenvalue weighted by Gasteiger charge is 2.45. The van der Waals surface area contributed by atoms with Crippen molar-refractivity contribution in [1.29, 1.82) is 0 Å². The first-order valence-corrected chi connectivity index (χ1v) is 14.7. The number of para-hydroxylation sites is 1. The molecule has 15 heteroatoms. The number of carbonyl (C=O) groups is 5. The molecule has 3 N–H and O–H groups in total. The summed E-state index contributed by atoms with van der Waals surface area (Å²) in [4.78, 5) is 66.6. The molecule has 0 aliphatic carbocycles. The summed E-state index contributed by atoms with van der Waals surface area (Å²) in [7, 11) is 0. The van der Waals surface area contributed by atoms with Crippen LogP contribution in [0.3, 0.4) is 0 Å². The number of ketones is 1. The van der Waals surface area contributed by atoms with Crippen molar-refractivity contribution in [2.24, 2.45) is 0 Å². The van der Waals surface area contributed by atoms with Crippen molar-refractivity contribution in [2.75, 3.05) is 11.5 Å². The molecule has 3 unspecified atom stereocenters. The topological polar surface area (TPSA) is 142 Å². The molecule has 3 atom stereocenters. The lowest BCUT2D eigenvalue weighted by molar-refractivity contribution is -0.140. The number of thioether (sulfide) groups is 1. The average molecular weight is 660 g/mol. The largest absolute Gasteiger partial charge is 0.481 e. The number of hydrogen-bond acceptors (Lipinski definition) is 7. The van der Waals surface area contributed by atoms with Crippen molar-refractivity contribution in [3.05, 3.63) is 89.0 Å². The van der Waals surface area contributed by atoms with E-state index in [4.69, 9.17) is 0 Å². The Morgan fingerprint density at radius 3 is 2.33 bits per heavy atom. The fourth-order valence-corrected chi connectivity index (χ4v) is 6.06. The highest BCUT2D eigenvalue weighted by Crippen LogP contribution is 2.39. The maximum absolute atomic E-state index is 14.0. The maximum atomic E-state index is 14.0. The molecule has 10 nitrogen and oxygen atoms in total. The van der Waals surface area contributed by atoms with Gasteiger partial charge in [-0.05, 0) is 47.9 Å². The van der Waals surface area contributed by atoms with Crippen LogP contribution in [0, 0.1) is 23.3 Å². The van der Waals surface area contributed by atoms with E-state index in [1.54, 1.807) is 48.5 Å². The Labute approximate surface area is 263 Å². The number of carbonyl (C=O) groups excluding carboxylic acids is 4. The molecular formula is C31H25F4N3O7S. The number of rotatable bonds is 10. The number of ether oxygens (including phenoxy) is 1. The summed E-state index contributed by atoms with van der Waals surface area (Å²) in [5.41, 5.74) is 1.86. The smallest absolute Gasteiger partial charge is 0.305 e. The highest BCUT2D eigenvalue weighted by atomic mass is 32.2. The van der Waals surface area contributed by atoms with Crippen LogP contribution in [0.15, 0.2) is 59.5 Å². The number of Topliss-reactive ketones (excluding diaryl/α,β-unsaturated/α-hetero) is 1. The van der Waals surface area contributed by atoms with Crippen LogP contribution in [0.4, 0.5) is 28.0 Å². The normalized spacial score (nSPS) is 17.5. The second-order valence-corrected chi connectivity index (χ2v) is 11.5. The molecule has 240 valence electrons. The van der Waals surface area contributed by atoms with Gasteiger partial charge in [-0.15, -0.1) is 0 Å². The summed E-state index contributed by atoms with van der Waals surface area (Å²) in [6.45, 7) is -1.25. The van der Waals surface area contributed by atoms with Crippen molar-refractivity contribution < 1.29 is 51.4 Å². The third kappa shape index (κ3) is 6.83. The molecule has 0 saturated carbocycles. The second kappa shape index (κ2) is 13.6. The van der Waals surface area contributed by atoms with Crippen LogP contribution >= 0.6 is 11.8 Å². The van der Waals surface area contributed by atoms with Gasteiger partial charge in [-0.2, -0.15) is 8.78 Å². The van der Waals surface area contributed by atoms with E-state index in [0.717, 1.165) is 17.3 Å². The van der Waals surface area contributed by atoms with Crippen molar-refractivity contribution in [1.82, 2.24) is 10.6 Å². The van der Waals surface area contributed by atoms with Gasteiger partial charge in [-0.1, -0.05) is 36.4 Å². The van der Waals surface area contributed by atoms with Gasteiger partial charge in [-0.25, -0.2) is 8.78 Å². The van der Waals surface area contributed by atoms with Gasteiger partial charge < -0.3 is 20.5 Å². The van der Waals surface area contributed by atoms with Gasteiger partial charge in [0, 0.05) is 17.4 Å². The van der Waals surface area contributed by atoms with Crippen LogP contribution < -0.4 is 20.3 Å². The minimum Gasteiger partial charge on any atom is -0.481 e. The molecule has 0 radical (unpaired) electrons. The number of anilines is 1. The zero-order valence-electron chi connectivity index (χ0n) is 23.7. The van der Waals surface area contributed by atoms with E-state index in [-0.39, 0.29) is 18.9 Å². The fraction of sp³-hybridized carbons (Fsp3) is 0.258. The molecule has 0 spiro atoms. The minimum absolute atomic E-state index is 0.00362. The van der Waals surface area contributed by atoms with Gasteiger partial charge in [0.1, 0.15) is 24.7 Å². The zero-order chi connectivity index (χ0) is 33.1. The minimum atomic E-state index is -1.91. The molecule has 2 aliphatic heterocycles. The lowest BCUT2D eigenvalue weighted by atomic mass is 10.0. The number of aryl methyl sites for hydroxylation is 1. The second-order valence-electron chi connectivity index (χ2n) is 10.5. The summed E-state index contributed by atoms with van der Waals surface area (Å²) < 4.78 is 59.8. The van der Waals surface area contributed by atoms with E-state index in [9.17, 15) is 46.6 Å². The lowest BCUT2D eigenvalue weighted by Crippen LogP contribution is -2.56. The van der Waals surface area contributed by atoms with Gasteiger partial charge in [0.25, 0.3) is 5.24 Å². The Bertz CT molecular complexity index is 1700. The number of amides is 3. The Balaban J connectivity index is 1.34. The third-order valence-electron chi connectivity index (χ3n) is 7.47. The summed E-state index contributed by atoms with van der Waals surface area (Å²) >= 11 is 0.889. The standard InChI is InChI=1S/C31H25F4N3O7S/c32-18-12-19(33)26(35)28(25(18)34)45-14-23(39)21(13-24(40)41)36-29(42)22-11-16-6-4-5-15-9-10-20(30(43)38(22)27(15)16)37-31(44)46-17-7-2-1-3-8-17/h1-8,12,20-22H,9-11,13-14H2,(H,36,42)(H,37,44)(H,40,41). The van der Waals surface area contributed by atoms with Crippen molar-refractivity contribution in [3.63, 3.8) is 0 Å². The number of aliphatic carboxylic acids is 1. The van der Waals surface area contributed by atoms with E-state index in [2.05, 4.69) is 15.4 Å². The first-order chi connectivity index (χ1) is 21.9. The number of carboxylic acid groups (broad SMARTS) is 1. The van der Waals surface area contributed by atoms with E-state index in [1.807, 2.05) is 0 Å². The van der Waals surface area contributed by atoms with E-state index < -0.39 is 89.0 Å². The molecule has 3 aromatic rings. The zero-order valence-corrected chi connectivity index (χ0v) is 24.5. The molecule has 3 aromatic carbocycles. The van der Waals surface area contributed by atoms with Crippen LogP contribution in [0.1, 0.15) is 24.0 Å². The quantitative estimate of drug-likeness (QED) is 0.169. The molecule has 0 bridgehead atoms. The molecule has 2 heterocycles. The van der Waals surface area contributed by atoms with E-state index in [0.29, 0.717) is 22.6 Å². The third-order valence-corrected chi connectivity index (χ3v) is 8.28. The van der Waals surface area contributed by atoms with E-state index >= 15 is 0 Å². The monoisotopic (exact) mass is 659 g/mol. The molecule has 3 amide bonds. The van der Waals surface area contributed by atoms with E-state index in [1.165, 1.54) is 4.90 Å². The van der Waals surface area contributed by atoms with Gasteiger partial charge in [0.2, 0.25) is 23.4 Å². The summed E-state index contributed by atoms with van der Waals surface area (Å²) in [5, 5.41) is 13.9. The van der Waals surface area contributed by atoms with Crippen LogP contribution in [0.5, 0.6) is 5.75 Å². The number of carboxylic acids is 1. The number of hydrogen-bond donors (Lipinski definition) is 3. The molecule has 0 fully saturated rings. The Morgan fingerprint density at radius 2 is 1.65 bits per heavy atom. The van der Waals surface area contributed by atoms with Crippen molar-refractivity contribution >= 4 is 46.3 Å². The molecule has 2 aliphatic rings. The Hall–Kier alpha value is -4.92. The Morgan fingerprint density at radius 1 is 0.978 bits per heavy atom. The lowest BCUT2D eigenvalue weighted by Gasteiger charge is -2.29. The summed E-state index contributed by atoms with van der Waals surface area (Å²) in [6, 6.07) is 9.87. The number of halogens is 4. The van der Waals surface area contributed by atoms with Crippen molar-refractivity contribution in [3.8, 4) is 5.75 Å². The van der Waals surface area contributed by atoms with Crippen LogP contribution in [0.2, 0.25) is 0 Å². The SMILES string of the molecule is O=C(O)CC(NC(=O)C1Cc2cccc3c2N1C(=O)C(NC(=O)Sc1ccccc1)CC3)C(=O)COc1c(F)c(F)cc(F)c1F. The van der Waals surface area contributed by atoms with Crippen LogP contribution in [-0.4, -0.2) is 58.6 Å². The molecule has 0 saturated heterocycles. The van der Waals surface area contributed by atoms with Gasteiger partial charge in [0.05, 0.1) is 12.1 Å². The fourth-order valence-electron chi connectivity index (χ4n) is 5.35. The molecule has 5 rings (SSSR count). The summed E-state index contributed by atoms with van der Waals surface area (Å²) in [5.74, 6) is -13.1. The predicted octanol–water partition coefficient (Wildman–Crippen LogP) is 3.93. The van der Waals surface area contributed by atoms with Crippen molar-refractivity contribution in [2.45, 2.75) is 48.7 Å². The highest BCUT2D eigenvalue weighted by molar-refractivity contribution is 8.13. The maximum Gasteiger partial charge on any atom is 0.305 e. The Kier molecular flexibility index (Phi) is 9.60. The van der Waals surface area contributed by atoms with Crippen LogP contribution in [-0.2, 0) is 32.0 Å². The first kappa shape index (κ1) is 32.5. The number of benzene rings is 3.